The third kappa shape index (κ3) is 5.03. The van der Waals surface area contributed by atoms with Crippen molar-refractivity contribution in [3.05, 3.63) is 0 Å². The Bertz CT molecular complexity index is 72.0. The first kappa shape index (κ1) is 10.2. The van der Waals surface area contributed by atoms with Crippen molar-refractivity contribution in [3.63, 3.8) is 0 Å². The van der Waals surface area contributed by atoms with E-state index >= 15 is 0 Å². The van der Waals surface area contributed by atoms with E-state index in [9.17, 15) is 0 Å². The largest absolute Gasteiger partial charge is 0.356 e. The van der Waals surface area contributed by atoms with Crippen LogP contribution in [-0.2, 0) is 9.47 Å². The molecule has 0 N–H and O–H groups in total. The molecule has 0 fully saturated rings. The SMILES string of the molecule is COC(CCC(C)Cl)OC. The van der Waals surface area contributed by atoms with Crippen LogP contribution < -0.4 is 0 Å². The zero-order chi connectivity index (χ0) is 7.98. The summed E-state index contributed by atoms with van der Waals surface area (Å²) < 4.78 is 9.94. The molecule has 0 aliphatic heterocycles. The fraction of sp³-hybridized carbons (Fsp3) is 1.00. The summed E-state index contributed by atoms with van der Waals surface area (Å²) in [7, 11) is 3.26. The van der Waals surface area contributed by atoms with Gasteiger partial charge in [-0.2, -0.15) is 0 Å². The first-order chi connectivity index (χ1) is 4.70. The van der Waals surface area contributed by atoms with Crippen LogP contribution in [0.2, 0.25) is 0 Å². The number of halogens is 1. The van der Waals surface area contributed by atoms with Crippen molar-refractivity contribution < 1.29 is 9.47 Å². The van der Waals surface area contributed by atoms with E-state index in [-0.39, 0.29) is 11.7 Å². The Morgan fingerprint density at radius 2 is 1.70 bits per heavy atom. The highest BCUT2D eigenvalue weighted by atomic mass is 35.5. The third-order valence-corrected chi connectivity index (χ3v) is 1.54. The lowest BCUT2D eigenvalue weighted by Gasteiger charge is -2.13. The summed E-state index contributed by atoms with van der Waals surface area (Å²) in [6.07, 6.45) is 1.69. The van der Waals surface area contributed by atoms with Gasteiger partial charge in [-0.05, 0) is 19.8 Å². The second-order valence-electron chi connectivity index (χ2n) is 2.26. The van der Waals surface area contributed by atoms with Crippen LogP contribution in [0.5, 0.6) is 0 Å². The van der Waals surface area contributed by atoms with Crippen LogP contribution in [0, 0.1) is 0 Å². The molecule has 0 aromatic heterocycles. The van der Waals surface area contributed by atoms with E-state index in [2.05, 4.69) is 0 Å². The molecule has 0 aromatic carbocycles. The molecule has 0 spiro atoms. The minimum absolute atomic E-state index is 0.0961. The Morgan fingerprint density at radius 3 is 2.00 bits per heavy atom. The van der Waals surface area contributed by atoms with E-state index < -0.39 is 0 Å². The fourth-order valence-corrected chi connectivity index (χ4v) is 0.824. The highest BCUT2D eigenvalue weighted by molar-refractivity contribution is 6.20. The fourth-order valence-electron chi connectivity index (χ4n) is 0.698. The highest BCUT2D eigenvalue weighted by Crippen LogP contribution is 2.08. The van der Waals surface area contributed by atoms with Crippen molar-refractivity contribution in [2.45, 2.75) is 31.4 Å². The maximum Gasteiger partial charge on any atom is 0.156 e. The Labute approximate surface area is 67.5 Å². The molecule has 3 heteroatoms. The molecule has 0 amide bonds. The topological polar surface area (TPSA) is 18.5 Å². The van der Waals surface area contributed by atoms with Crippen LogP contribution in [0.15, 0.2) is 0 Å². The quantitative estimate of drug-likeness (QED) is 0.460. The predicted molar refractivity (Wildman–Crippen MR) is 42.4 cm³/mol. The maximum absolute atomic E-state index is 5.72. The summed E-state index contributed by atoms with van der Waals surface area (Å²) in [4.78, 5) is 0. The van der Waals surface area contributed by atoms with Gasteiger partial charge in [0.15, 0.2) is 6.29 Å². The zero-order valence-corrected chi connectivity index (χ0v) is 7.52. The van der Waals surface area contributed by atoms with E-state index in [1.165, 1.54) is 0 Å². The van der Waals surface area contributed by atoms with Gasteiger partial charge in [-0.1, -0.05) is 0 Å². The van der Waals surface area contributed by atoms with Gasteiger partial charge in [0, 0.05) is 19.6 Å². The van der Waals surface area contributed by atoms with Gasteiger partial charge in [0.25, 0.3) is 0 Å². The molecular formula is C7H15ClO2. The Balaban J connectivity index is 3.26. The van der Waals surface area contributed by atoms with Gasteiger partial charge >= 0.3 is 0 Å². The van der Waals surface area contributed by atoms with Crippen LogP contribution in [0.25, 0.3) is 0 Å². The molecule has 1 unspecified atom stereocenters. The monoisotopic (exact) mass is 166 g/mol. The van der Waals surface area contributed by atoms with Crippen LogP contribution >= 0.6 is 11.6 Å². The summed E-state index contributed by atoms with van der Waals surface area (Å²) in [5, 5.41) is 0.202. The van der Waals surface area contributed by atoms with E-state index in [1.54, 1.807) is 14.2 Å². The molecule has 0 saturated heterocycles. The van der Waals surface area contributed by atoms with Gasteiger partial charge < -0.3 is 9.47 Å². The summed E-state index contributed by atoms with van der Waals surface area (Å²) in [6, 6.07) is 0. The van der Waals surface area contributed by atoms with Gasteiger partial charge in [0.1, 0.15) is 0 Å². The number of ether oxygens (including phenoxy) is 2. The van der Waals surface area contributed by atoms with Crippen LogP contribution in [0.3, 0.4) is 0 Å². The molecule has 0 aliphatic rings. The standard InChI is InChI=1S/C7H15ClO2/c1-6(8)4-5-7(9-2)10-3/h6-7H,4-5H2,1-3H3. The Morgan fingerprint density at radius 1 is 1.20 bits per heavy atom. The van der Waals surface area contributed by atoms with Crippen molar-refractivity contribution in [1.82, 2.24) is 0 Å². The normalized spacial score (nSPS) is 14.1. The third-order valence-electron chi connectivity index (χ3n) is 1.33. The van der Waals surface area contributed by atoms with E-state index in [1.807, 2.05) is 6.92 Å². The molecule has 0 radical (unpaired) electrons. The number of hydrogen-bond acceptors (Lipinski definition) is 2. The second-order valence-corrected chi connectivity index (χ2v) is 3.00. The summed E-state index contributed by atoms with van der Waals surface area (Å²) >= 11 is 5.72. The zero-order valence-electron chi connectivity index (χ0n) is 6.76. The molecule has 0 heterocycles. The lowest BCUT2D eigenvalue weighted by atomic mass is 10.2. The number of rotatable bonds is 5. The average Bonchev–Trinajstić information content (AvgIpc) is 1.90. The van der Waals surface area contributed by atoms with Gasteiger partial charge in [0.2, 0.25) is 0 Å². The molecule has 1 atom stereocenters. The van der Waals surface area contributed by atoms with Gasteiger partial charge in [-0.15, -0.1) is 11.6 Å². The van der Waals surface area contributed by atoms with E-state index in [0.717, 1.165) is 12.8 Å². The summed E-state index contributed by atoms with van der Waals surface area (Å²) in [6.45, 7) is 1.96. The van der Waals surface area contributed by atoms with Gasteiger partial charge in [-0.3, -0.25) is 0 Å². The van der Waals surface area contributed by atoms with Crippen molar-refractivity contribution in [2.24, 2.45) is 0 Å². The van der Waals surface area contributed by atoms with Gasteiger partial charge in [0.05, 0.1) is 0 Å². The molecule has 0 saturated carbocycles. The Kier molecular flexibility index (Phi) is 6.08. The smallest absolute Gasteiger partial charge is 0.156 e. The Hall–Kier alpha value is 0.210. The minimum atomic E-state index is -0.0961. The number of methoxy groups -OCH3 is 2. The number of alkyl halides is 1. The molecule has 2 nitrogen and oxygen atoms in total. The van der Waals surface area contributed by atoms with E-state index in [4.69, 9.17) is 21.1 Å². The lowest BCUT2D eigenvalue weighted by Crippen LogP contribution is -2.13. The molecule has 0 bridgehead atoms. The number of hydrogen-bond donors (Lipinski definition) is 0. The first-order valence-electron chi connectivity index (χ1n) is 3.40. The lowest BCUT2D eigenvalue weighted by molar-refractivity contribution is -0.106. The molecule has 0 rings (SSSR count). The summed E-state index contributed by atoms with van der Waals surface area (Å²) in [5.74, 6) is 0. The minimum Gasteiger partial charge on any atom is -0.356 e. The molecule has 10 heavy (non-hydrogen) atoms. The van der Waals surface area contributed by atoms with E-state index in [0.29, 0.717) is 0 Å². The van der Waals surface area contributed by atoms with Crippen molar-refractivity contribution in [2.75, 3.05) is 14.2 Å². The second kappa shape index (κ2) is 5.96. The average molecular weight is 167 g/mol. The van der Waals surface area contributed by atoms with Crippen molar-refractivity contribution >= 4 is 11.6 Å². The first-order valence-corrected chi connectivity index (χ1v) is 3.84. The van der Waals surface area contributed by atoms with Crippen molar-refractivity contribution in [1.29, 1.82) is 0 Å². The van der Waals surface area contributed by atoms with Crippen LogP contribution in [0.1, 0.15) is 19.8 Å². The van der Waals surface area contributed by atoms with Gasteiger partial charge in [-0.25, -0.2) is 0 Å². The van der Waals surface area contributed by atoms with Crippen LogP contribution in [0.4, 0.5) is 0 Å². The van der Waals surface area contributed by atoms with Crippen molar-refractivity contribution in [3.8, 4) is 0 Å². The maximum atomic E-state index is 5.72. The molecule has 0 aliphatic carbocycles. The van der Waals surface area contributed by atoms with Crippen LogP contribution in [-0.4, -0.2) is 25.9 Å². The molecule has 0 aromatic rings. The molecular weight excluding hydrogens is 152 g/mol. The predicted octanol–water partition coefficient (Wildman–Crippen LogP) is 2.01. The molecule has 62 valence electrons. The highest BCUT2D eigenvalue weighted by Gasteiger charge is 2.05. The summed E-state index contributed by atoms with van der Waals surface area (Å²) in [5.41, 5.74) is 0.